The smallest absolute Gasteiger partial charge is 0.416 e. The zero-order valence-corrected chi connectivity index (χ0v) is 24.7. The van der Waals surface area contributed by atoms with Crippen molar-refractivity contribution in [2.24, 2.45) is 11.8 Å². The molecule has 2 fully saturated rings. The lowest BCUT2D eigenvalue weighted by Crippen LogP contribution is -2.56. The zero-order valence-electron chi connectivity index (χ0n) is 24.7. The molecule has 4 rings (SSSR count). The Morgan fingerprint density at radius 2 is 1.51 bits per heavy atom. The van der Waals surface area contributed by atoms with Crippen molar-refractivity contribution < 1.29 is 50.2 Å². The fourth-order valence-corrected chi connectivity index (χ4v) is 6.28. The highest BCUT2D eigenvalue weighted by Crippen LogP contribution is 2.38. The van der Waals surface area contributed by atoms with Crippen LogP contribution in [-0.4, -0.2) is 64.4 Å². The van der Waals surface area contributed by atoms with Crippen LogP contribution in [0.2, 0.25) is 0 Å². The minimum Gasteiger partial charge on any atom is -0.481 e. The lowest BCUT2D eigenvalue weighted by atomic mass is 9.80. The third-order valence-electron chi connectivity index (χ3n) is 8.58. The summed E-state index contributed by atoms with van der Waals surface area (Å²) in [4.78, 5) is 42.3. The van der Waals surface area contributed by atoms with E-state index >= 15 is 0 Å². The number of alkyl halides is 6. The van der Waals surface area contributed by atoms with E-state index in [4.69, 9.17) is 5.11 Å². The quantitative estimate of drug-likeness (QED) is 0.347. The number of carboxylic acids is 1. The molecule has 1 atom stereocenters. The number of nitrogens with zero attached hydrogens (tertiary/aromatic N) is 3. The van der Waals surface area contributed by atoms with Gasteiger partial charge in [0, 0.05) is 45.6 Å². The van der Waals surface area contributed by atoms with Gasteiger partial charge in [-0.1, -0.05) is 6.07 Å². The molecule has 2 aliphatic rings. The number of rotatable bonds is 6. The average molecular weight is 646 g/mol. The van der Waals surface area contributed by atoms with Gasteiger partial charge in [0.25, 0.3) is 0 Å². The molecule has 0 spiro atoms. The molecule has 2 aromatic rings. The van der Waals surface area contributed by atoms with Gasteiger partial charge in [-0.2, -0.15) is 26.3 Å². The maximum absolute atomic E-state index is 14.0. The maximum Gasteiger partial charge on any atom is 0.416 e. The summed E-state index contributed by atoms with van der Waals surface area (Å²) in [6, 6.07) is 3.68. The fraction of sp³-hybridized carbons (Fsp3) is 0.516. The molecule has 1 saturated heterocycles. The highest BCUT2D eigenvalue weighted by molar-refractivity contribution is 5.80. The lowest BCUT2D eigenvalue weighted by molar-refractivity contribution is -0.144. The van der Waals surface area contributed by atoms with Gasteiger partial charge in [-0.25, -0.2) is 9.18 Å². The van der Waals surface area contributed by atoms with Gasteiger partial charge in [0.15, 0.2) is 0 Å². The van der Waals surface area contributed by atoms with Gasteiger partial charge in [-0.15, -0.1) is 0 Å². The maximum atomic E-state index is 14.0. The summed E-state index contributed by atoms with van der Waals surface area (Å²) in [6.45, 7) is 1.27. The van der Waals surface area contributed by atoms with E-state index in [1.165, 1.54) is 30.1 Å². The number of benzene rings is 2. The summed E-state index contributed by atoms with van der Waals surface area (Å²) in [5, 5.41) is 9.08. The number of urea groups is 1. The van der Waals surface area contributed by atoms with Crippen LogP contribution in [0, 0.1) is 24.6 Å². The van der Waals surface area contributed by atoms with Crippen LogP contribution in [0.3, 0.4) is 0 Å². The third-order valence-corrected chi connectivity index (χ3v) is 8.58. The second-order valence-electron chi connectivity index (χ2n) is 11.9. The van der Waals surface area contributed by atoms with Crippen molar-refractivity contribution in [2.45, 2.75) is 64.0 Å². The van der Waals surface area contributed by atoms with Crippen LogP contribution < -0.4 is 0 Å². The zero-order chi connectivity index (χ0) is 33.3. The number of aryl methyl sites for hydroxylation is 1. The fourth-order valence-electron chi connectivity index (χ4n) is 6.28. The van der Waals surface area contributed by atoms with Crippen molar-refractivity contribution in [1.82, 2.24) is 14.7 Å². The largest absolute Gasteiger partial charge is 0.481 e. The van der Waals surface area contributed by atoms with Crippen molar-refractivity contribution in [3.63, 3.8) is 0 Å². The second-order valence-corrected chi connectivity index (χ2v) is 11.9. The molecule has 1 N–H and O–H groups in total. The third kappa shape index (κ3) is 8.26. The Kier molecular flexibility index (Phi) is 10.0. The van der Waals surface area contributed by atoms with Crippen molar-refractivity contribution >= 4 is 17.9 Å². The van der Waals surface area contributed by atoms with Gasteiger partial charge in [0.05, 0.1) is 17.2 Å². The van der Waals surface area contributed by atoms with E-state index in [9.17, 15) is 45.1 Å². The van der Waals surface area contributed by atoms with E-state index in [1.54, 1.807) is 11.8 Å². The summed E-state index contributed by atoms with van der Waals surface area (Å²) < 4.78 is 94.4. The van der Waals surface area contributed by atoms with Gasteiger partial charge in [0.1, 0.15) is 5.82 Å². The van der Waals surface area contributed by atoms with Crippen molar-refractivity contribution in [3.8, 4) is 0 Å². The molecule has 0 bridgehead atoms. The highest BCUT2D eigenvalue weighted by Gasteiger charge is 2.40. The Hall–Kier alpha value is -3.84. The van der Waals surface area contributed by atoms with Crippen LogP contribution in [0.15, 0.2) is 36.4 Å². The number of halogens is 7. The monoisotopic (exact) mass is 645 g/mol. The summed E-state index contributed by atoms with van der Waals surface area (Å²) in [7, 11) is 1.26. The molecule has 1 heterocycles. The molecule has 0 aromatic heterocycles. The number of aliphatic carboxylic acids is 1. The molecule has 14 heteroatoms. The van der Waals surface area contributed by atoms with Crippen LogP contribution >= 0.6 is 0 Å². The second kappa shape index (κ2) is 13.3. The first-order valence-electron chi connectivity index (χ1n) is 14.5. The normalized spacial score (nSPS) is 21.0. The summed E-state index contributed by atoms with van der Waals surface area (Å²) >= 11 is 0. The average Bonchev–Trinajstić information content (AvgIpc) is 2.95. The SMILES string of the molecule is Cc1cc(F)ccc1[C@H]1CN(C(=O)C2CCC(CC(=O)O)CC2)CCN1C(=O)N(C)Cc1cc(C(F)(F)F)cc(C(F)(F)F)c1. The van der Waals surface area contributed by atoms with E-state index in [1.807, 2.05) is 0 Å². The van der Waals surface area contributed by atoms with Gasteiger partial charge in [-0.3, -0.25) is 9.59 Å². The van der Waals surface area contributed by atoms with E-state index in [0.717, 1.165) is 4.90 Å². The first-order chi connectivity index (χ1) is 20.9. The molecule has 2 aromatic carbocycles. The minimum atomic E-state index is -5.04. The lowest BCUT2D eigenvalue weighted by Gasteiger charge is -2.44. The molecule has 45 heavy (non-hydrogen) atoms. The predicted octanol–water partition coefficient (Wildman–Crippen LogP) is 6.89. The Labute approximate surface area is 255 Å². The van der Waals surface area contributed by atoms with Crippen LogP contribution in [0.1, 0.15) is 66.0 Å². The number of piperazine rings is 1. The molecule has 3 amide bonds. The first kappa shape index (κ1) is 34.0. The molecule has 1 aliphatic carbocycles. The Morgan fingerprint density at radius 3 is 2.04 bits per heavy atom. The van der Waals surface area contributed by atoms with Crippen molar-refractivity contribution in [2.75, 3.05) is 26.7 Å². The van der Waals surface area contributed by atoms with Crippen LogP contribution in [0.25, 0.3) is 0 Å². The number of carboxylic acid groups (broad SMARTS) is 1. The summed E-state index contributed by atoms with van der Waals surface area (Å²) in [6.07, 6.45) is -7.80. The Balaban J connectivity index is 1.56. The molecular formula is C31H34F7N3O4. The number of carbonyl (C=O) groups is 3. The first-order valence-corrected chi connectivity index (χ1v) is 14.5. The molecular weight excluding hydrogens is 611 g/mol. The van der Waals surface area contributed by atoms with E-state index in [2.05, 4.69) is 0 Å². The number of hydrogen-bond acceptors (Lipinski definition) is 3. The van der Waals surface area contributed by atoms with E-state index in [-0.39, 0.29) is 55.4 Å². The topological polar surface area (TPSA) is 81.2 Å². The highest BCUT2D eigenvalue weighted by atomic mass is 19.4. The van der Waals surface area contributed by atoms with E-state index < -0.39 is 53.9 Å². The number of amides is 3. The molecule has 1 saturated carbocycles. The molecule has 7 nitrogen and oxygen atoms in total. The standard InChI is InChI=1S/C31H34F7N3O4/c1-18-11-24(32)7-8-25(18)26-17-40(28(44)21-5-3-19(4-6-21)14-27(42)43)9-10-41(26)29(45)39(2)16-20-12-22(30(33,34)35)15-23(13-20)31(36,37)38/h7-8,11-13,15,19,21,26H,3-6,9-10,14,16-17H2,1-2H3,(H,42,43)/t19?,21?,26-/m1/s1. The van der Waals surface area contributed by atoms with Gasteiger partial charge in [0.2, 0.25) is 5.91 Å². The minimum absolute atomic E-state index is 0.00444. The van der Waals surface area contributed by atoms with E-state index in [0.29, 0.717) is 48.9 Å². The summed E-state index contributed by atoms with van der Waals surface area (Å²) in [5.41, 5.74) is -2.31. The molecule has 246 valence electrons. The Morgan fingerprint density at radius 1 is 0.911 bits per heavy atom. The number of carbonyl (C=O) groups excluding carboxylic acids is 2. The van der Waals surface area contributed by atoms with Gasteiger partial charge in [-0.05, 0) is 85.5 Å². The molecule has 0 radical (unpaired) electrons. The molecule has 1 aliphatic heterocycles. The predicted molar refractivity (Wildman–Crippen MR) is 148 cm³/mol. The van der Waals surface area contributed by atoms with Crippen molar-refractivity contribution in [3.05, 3.63) is 70.0 Å². The van der Waals surface area contributed by atoms with Crippen LogP contribution in [-0.2, 0) is 28.5 Å². The molecule has 0 unspecified atom stereocenters. The summed E-state index contributed by atoms with van der Waals surface area (Å²) in [5.74, 6) is -1.87. The van der Waals surface area contributed by atoms with Crippen LogP contribution in [0.4, 0.5) is 35.5 Å². The van der Waals surface area contributed by atoms with Crippen molar-refractivity contribution in [1.29, 1.82) is 0 Å². The van der Waals surface area contributed by atoms with Gasteiger partial charge >= 0.3 is 24.4 Å². The number of hydrogen-bond donors (Lipinski definition) is 1. The van der Waals surface area contributed by atoms with Gasteiger partial charge < -0.3 is 19.8 Å². The van der Waals surface area contributed by atoms with Crippen LogP contribution in [0.5, 0.6) is 0 Å². The Bertz CT molecular complexity index is 1390.